The predicted octanol–water partition coefficient (Wildman–Crippen LogP) is 1.72. The molecule has 0 aliphatic rings. The van der Waals surface area contributed by atoms with Gasteiger partial charge in [0.2, 0.25) is 0 Å². The van der Waals surface area contributed by atoms with Crippen LogP contribution in [0.3, 0.4) is 0 Å². The van der Waals surface area contributed by atoms with Crippen LogP contribution in [-0.4, -0.2) is 40.2 Å². The molecule has 122 valence electrons. The van der Waals surface area contributed by atoms with Gasteiger partial charge in [-0.2, -0.15) is 0 Å². The average Bonchev–Trinajstić information content (AvgIpc) is 2.51. The van der Waals surface area contributed by atoms with Crippen molar-refractivity contribution in [3.05, 3.63) is 40.7 Å². The molecular formula is C16H19N3O4. The number of nitrogens with zero attached hydrogens (tertiary/aromatic N) is 2. The Morgan fingerprint density at radius 2 is 1.96 bits per heavy atom. The molecule has 0 radical (unpaired) electrons. The number of aromatic nitrogens is 1. The highest BCUT2D eigenvalue weighted by molar-refractivity contribution is 5.92. The summed E-state index contributed by atoms with van der Waals surface area (Å²) >= 11 is 0. The van der Waals surface area contributed by atoms with Gasteiger partial charge in [-0.1, -0.05) is 13.0 Å². The maximum Gasteiger partial charge on any atom is 0.321 e. The number of aliphatic carboxylic acids is 1. The SMILES string of the molecule is CC(CN(C)C(=O)Nc1ccc2ccc(=O)n(C)c2c1)C(=O)O. The first-order valence-electron chi connectivity index (χ1n) is 7.14. The summed E-state index contributed by atoms with van der Waals surface area (Å²) < 4.78 is 1.50. The number of amides is 2. The number of carboxylic acid groups (broad SMARTS) is 1. The van der Waals surface area contributed by atoms with E-state index in [1.165, 1.54) is 29.5 Å². The van der Waals surface area contributed by atoms with Crippen molar-refractivity contribution in [3.8, 4) is 0 Å². The summed E-state index contributed by atoms with van der Waals surface area (Å²) in [5, 5.41) is 12.5. The number of benzene rings is 1. The number of carbonyl (C=O) groups is 2. The molecule has 0 bridgehead atoms. The van der Waals surface area contributed by atoms with E-state index in [-0.39, 0.29) is 12.1 Å². The van der Waals surface area contributed by atoms with Crippen LogP contribution in [0.4, 0.5) is 10.5 Å². The number of rotatable bonds is 4. The molecule has 2 amide bonds. The Morgan fingerprint density at radius 3 is 2.61 bits per heavy atom. The van der Waals surface area contributed by atoms with Gasteiger partial charge >= 0.3 is 12.0 Å². The second-order valence-corrected chi connectivity index (χ2v) is 5.55. The van der Waals surface area contributed by atoms with Crippen molar-refractivity contribution in [2.24, 2.45) is 13.0 Å². The predicted molar refractivity (Wildman–Crippen MR) is 87.6 cm³/mol. The number of carboxylic acids is 1. The van der Waals surface area contributed by atoms with Gasteiger partial charge in [-0.3, -0.25) is 9.59 Å². The van der Waals surface area contributed by atoms with Crippen LogP contribution in [-0.2, 0) is 11.8 Å². The summed E-state index contributed by atoms with van der Waals surface area (Å²) in [6, 6.07) is 8.07. The Balaban J connectivity index is 2.18. The zero-order valence-electron chi connectivity index (χ0n) is 13.2. The van der Waals surface area contributed by atoms with Crippen LogP contribution in [0.1, 0.15) is 6.92 Å². The molecule has 0 fully saturated rings. The normalized spacial score (nSPS) is 12.0. The fraction of sp³-hybridized carbons (Fsp3) is 0.312. The number of anilines is 1. The minimum Gasteiger partial charge on any atom is -0.481 e. The third kappa shape index (κ3) is 3.68. The highest BCUT2D eigenvalue weighted by atomic mass is 16.4. The molecule has 7 nitrogen and oxygen atoms in total. The van der Waals surface area contributed by atoms with E-state index >= 15 is 0 Å². The molecule has 0 spiro atoms. The van der Waals surface area contributed by atoms with E-state index < -0.39 is 17.9 Å². The maximum atomic E-state index is 12.1. The summed E-state index contributed by atoms with van der Waals surface area (Å²) in [6.45, 7) is 1.64. The monoisotopic (exact) mass is 317 g/mol. The van der Waals surface area contributed by atoms with E-state index in [0.29, 0.717) is 11.2 Å². The van der Waals surface area contributed by atoms with E-state index in [0.717, 1.165) is 5.39 Å². The molecule has 0 aliphatic carbocycles. The van der Waals surface area contributed by atoms with E-state index in [2.05, 4.69) is 5.32 Å². The summed E-state index contributed by atoms with van der Waals surface area (Å²) in [5.74, 6) is -1.60. The first kappa shape index (κ1) is 16.5. The third-order valence-electron chi connectivity index (χ3n) is 3.70. The number of nitrogens with one attached hydrogen (secondary N) is 1. The smallest absolute Gasteiger partial charge is 0.321 e. The lowest BCUT2D eigenvalue weighted by atomic mass is 10.2. The van der Waals surface area contributed by atoms with Gasteiger partial charge < -0.3 is 19.9 Å². The first-order chi connectivity index (χ1) is 10.8. The lowest BCUT2D eigenvalue weighted by Crippen LogP contribution is -2.36. The van der Waals surface area contributed by atoms with Crippen LogP contribution in [0.2, 0.25) is 0 Å². The van der Waals surface area contributed by atoms with Gasteiger partial charge in [0, 0.05) is 32.4 Å². The molecular weight excluding hydrogens is 298 g/mol. The zero-order chi connectivity index (χ0) is 17.1. The third-order valence-corrected chi connectivity index (χ3v) is 3.70. The van der Waals surface area contributed by atoms with Crippen molar-refractivity contribution >= 4 is 28.6 Å². The van der Waals surface area contributed by atoms with Crippen molar-refractivity contribution in [3.63, 3.8) is 0 Å². The Bertz CT molecular complexity index is 813. The Kier molecular flexibility index (Phi) is 4.68. The van der Waals surface area contributed by atoms with Crippen molar-refractivity contribution in [1.82, 2.24) is 9.47 Å². The summed E-state index contributed by atoms with van der Waals surface area (Å²) in [6.07, 6.45) is 0. The Labute approximate surface area is 133 Å². The lowest BCUT2D eigenvalue weighted by Gasteiger charge is -2.20. The van der Waals surface area contributed by atoms with Crippen molar-refractivity contribution in [2.45, 2.75) is 6.92 Å². The molecule has 0 aliphatic heterocycles. The Hall–Kier alpha value is -2.83. The molecule has 7 heteroatoms. The molecule has 2 rings (SSSR count). The molecule has 1 atom stereocenters. The van der Waals surface area contributed by atoms with Gasteiger partial charge in [-0.15, -0.1) is 0 Å². The fourth-order valence-corrected chi connectivity index (χ4v) is 2.24. The quantitative estimate of drug-likeness (QED) is 0.898. The number of carbonyl (C=O) groups excluding carboxylic acids is 1. The number of hydrogen-bond acceptors (Lipinski definition) is 3. The molecule has 23 heavy (non-hydrogen) atoms. The fourth-order valence-electron chi connectivity index (χ4n) is 2.24. The van der Waals surface area contributed by atoms with Crippen LogP contribution >= 0.6 is 0 Å². The summed E-state index contributed by atoms with van der Waals surface area (Å²) in [4.78, 5) is 35.9. The highest BCUT2D eigenvalue weighted by Gasteiger charge is 2.17. The van der Waals surface area contributed by atoms with Crippen molar-refractivity contribution in [1.29, 1.82) is 0 Å². The zero-order valence-corrected chi connectivity index (χ0v) is 13.2. The molecule has 1 aromatic heterocycles. The second kappa shape index (κ2) is 6.51. The lowest BCUT2D eigenvalue weighted by molar-refractivity contribution is -0.141. The average molecular weight is 317 g/mol. The van der Waals surface area contributed by atoms with Gasteiger partial charge in [0.15, 0.2) is 0 Å². The molecule has 0 saturated carbocycles. The highest BCUT2D eigenvalue weighted by Crippen LogP contribution is 2.17. The molecule has 1 aromatic carbocycles. The minimum absolute atomic E-state index is 0.104. The topological polar surface area (TPSA) is 91.6 Å². The molecule has 2 aromatic rings. The second-order valence-electron chi connectivity index (χ2n) is 5.55. The number of aryl methyl sites for hydroxylation is 1. The van der Waals surface area contributed by atoms with Gasteiger partial charge in [0.05, 0.1) is 11.4 Å². The summed E-state index contributed by atoms with van der Waals surface area (Å²) in [5.41, 5.74) is 1.11. The summed E-state index contributed by atoms with van der Waals surface area (Å²) in [7, 11) is 3.20. The maximum absolute atomic E-state index is 12.1. The van der Waals surface area contributed by atoms with Gasteiger partial charge in [-0.05, 0) is 23.6 Å². The first-order valence-corrected chi connectivity index (χ1v) is 7.14. The molecule has 1 unspecified atom stereocenters. The van der Waals surface area contributed by atoms with E-state index in [1.807, 2.05) is 6.07 Å². The van der Waals surface area contributed by atoms with Crippen molar-refractivity contribution in [2.75, 3.05) is 18.9 Å². The number of urea groups is 1. The van der Waals surface area contributed by atoms with Gasteiger partial charge in [0.1, 0.15) is 0 Å². The molecule has 2 N–H and O–H groups in total. The van der Waals surface area contributed by atoms with E-state index in [9.17, 15) is 14.4 Å². The van der Waals surface area contributed by atoms with Crippen LogP contribution in [0.15, 0.2) is 35.1 Å². The van der Waals surface area contributed by atoms with Crippen LogP contribution in [0, 0.1) is 5.92 Å². The van der Waals surface area contributed by atoms with Gasteiger partial charge in [0.25, 0.3) is 5.56 Å². The van der Waals surface area contributed by atoms with Crippen molar-refractivity contribution < 1.29 is 14.7 Å². The molecule has 0 saturated heterocycles. The van der Waals surface area contributed by atoms with Crippen LogP contribution in [0.25, 0.3) is 10.9 Å². The minimum atomic E-state index is -0.953. The Morgan fingerprint density at radius 1 is 1.30 bits per heavy atom. The largest absolute Gasteiger partial charge is 0.481 e. The van der Waals surface area contributed by atoms with Crippen LogP contribution in [0.5, 0.6) is 0 Å². The van der Waals surface area contributed by atoms with Gasteiger partial charge in [-0.25, -0.2) is 4.79 Å². The van der Waals surface area contributed by atoms with E-state index in [1.54, 1.807) is 25.2 Å². The molecule has 1 heterocycles. The van der Waals surface area contributed by atoms with E-state index in [4.69, 9.17) is 5.11 Å². The number of pyridine rings is 1. The number of fused-ring (bicyclic) bond motifs is 1. The van der Waals surface area contributed by atoms with Crippen LogP contribution < -0.4 is 10.9 Å². The number of hydrogen-bond donors (Lipinski definition) is 2. The standard InChI is InChI=1S/C16H19N3O4/c1-10(15(21)22)9-18(2)16(23)17-12-6-4-11-5-7-14(20)19(3)13(11)8-12/h4-8,10H,9H2,1-3H3,(H,17,23)(H,21,22).